The molecule has 1 N–H and O–H groups in total. The van der Waals surface area contributed by atoms with Crippen molar-refractivity contribution in [3.05, 3.63) is 28.4 Å². The summed E-state index contributed by atoms with van der Waals surface area (Å²) in [7, 11) is 0. The number of aromatic nitrogens is 2. The molecule has 2 rings (SSSR count). The third-order valence-electron chi connectivity index (χ3n) is 3.11. The van der Waals surface area contributed by atoms with Crippen LogP contribution in [0.1, 0.15) is 38.8 Å². The van der Waals surface area contributed by atoms with Crippen LogP contribution in [0.15, 0.2) is 12.2 Å². The maximum atomic E-state index is 6.04. The lowest BCUT2D eigenvalue weighted by atomic mass is 10.1. The molecule has 1 atom stereocenters. The van der Waals surface area contributed by atoms with Crippen molar-refractivity contribution in [3.63, 3.8) is 0 Å². The number of fused-ring (bicyclic) bond motifs is 1. The highest BCUT2D eigenvalue weighted by Gasteiger charge is 2.09. The Labute approximate surface area is 102 Å². The second-order valence-electron chi connectivity index (χ2n) is 4.49. The first-order valence-electron chi connectivity index (χ1n) is 6.30. The van der Waals surface area contributed by atoms with Crippen molar-refractivity contribution in [2.75, 3.05) is 0 Å². The Hall–Kier alpha value is -1.51. The number of hydrogen-bond donors (Lipinski definition) is 1. The van der Waals surface area contributed by atoms with E-state index in [2.05, 4.69) is 42.3 Å². The van der Waals surface area contributed by atoms with Gasteiger partial charge in [0.05, 0.1) is 22.4 Å². The zero-order valence-corrected chi connectivity index (χ0v) is 10.8. The van der Waals surface area contributed by atoms with Crippen molar-refractivity contribution in [3.8, 4) is 0 Å². The molecule has 0 aromatic carbocycles. The molecule has 1 aliphatic carbocycles. The topological polar surface area (TPSA) is 37.9 Å². The molecule has 1 aromatic heterocycles. The fourth-order valence-electron chi connectivity index (χ4n) is 1.97. The third kappa shape index (κ3) is 2.60. The van der Waals surface area contributed by atoms with Gasteiger partial charge in [-0.3, -0.25) is 5.10 Å². The van der Waals surface area contributed by atoms with Gasteiger partial charge in [0.15, 0.2) is 0 Å². The lowest BCUT2D eigenvalue weighted by Gasteiger charge is -2.16. The van der Waals surface area contributed by atoms with Crippen LogP contribution in [-0.2, 0) is 4.74 Å². The summed E-state index contributed by atoms with van der Waals surface area (Å²) in [5.74, 6) is 1.07. The Morgan fingerprint density at radius 3 is 3.12 bits per heavy atom. The molecule has 3 nitrogen and oxygen atoms in total. The number of nitrogens with zero attached hydrogens (tertiary/aromatic N) is 1. The molecule has 0 radical (unpaired) electrons. The van der Waals surface area contributed by atoms with E-state index in [9.17, 15) is 0 Å². The summed E-state index contributed by atoms with van der Waals surface area (Å²) < 4.78 is 6.04. The minimum absolute atomic E-state index is 0.260. The first-order chi connectivity index (χ1) is 8.22. The molecule has 0 fully saturated rings. The molecule has 0 saturated carbocycles. The van der Waals surface area contributed by atoms with Crippen molar-refractivity contribution in [2.24, 2.45) is 0 Å². The van der Waals surface area contributed by atoms with E-state index in [1.807, 2.05) is 6.92 Å². The predicted molar refractivity (Wildman–Crippen MR) is 69.7 cm³/mol. The van der Waals surface area contributed by atoms with Crippen LogP contribution in [0.3, 0.4) is 0 Å². The molecule has 0 bridgehead atoms. The number of hydrogen-bond acceptors (Lipinski definition) is 2. The van der Waals surface area contributed by atoms with Gasteiger partial charge in [0.1, 0.15) is 5.76 Å². The summed E-state index contributed by atoms with van der Waals surface area (Å²) in [6.07, 6.45) is 9.56. The molecule has 1 aromatic rings. The van der Waals surface area contributed by atoms with Gasteiger partial charge in [0.2, 0.25) is 0 Å². The molecule has 3 heteroatoms. The average Bonchev–Trinajstić information content (AvgIpc) is 2.64. The van der Waals surface area contributed by atoms with Crippen molar-refractivity contribution < 1.29 is 4.74 Å². The van der Waals surface area contributed by atoms with Gasteiger partial charge in [-0.15, -0.1) is 0 Å². The maximum Gasteiger partial charge on any atom is 0.108 e. The maximum absolute atomic E-state index is 6.04. The highest BCUT2D eigenvalue weighted by atomic mass is 16.5. The van der Waals surface area contributed by atoms with Crippen molar-refractivity contribution in [1.29, 1.82) is 0 Å². The van der Waals surface area contributed by atoms with E-state index in [0.29, 0.717) is 0 Å². The monoisotopic (exact) mass is 232 g/mol. The van der Waals surface area contributed by atoms with E-state index in [1.54, 1.807) is 0 Å². The minimum atomic E-state index is 0.260. The van der Waals surface area contributed by atoms with Crippen molar-refractivity contribution in [2.45, 2.75) is 46.1 Å². The van der Waals surface area contributed by atoms with Crippen molar-refractivity contribution in [1.82, 2.24) is 10.2 Å². The van der Waals surface area contributed by atoms with Crippen LogP contribution in [0.2, 0.25) is 0 Å². The Kier molecular flexibility index (Phi) is 3.67. The van der Waals surface area contributed by atoms with Crippen LogP contribution in [0.25, 0.3) is 11.8 Å². The molecule has 1 heterocycles. The summed E-state index contributed by atoms with van der Waals surface area (Å²) in [5.41, 5.74) is 1.02. The van der Waals surface area contributed by atoms with Gasteiger partial charge in [0, 0.05) is 6.42 Å². The van der Waals surface area contributed by atoms with E-state index in [1.165, 1.54) is 0 Å². The lowest BCUT2D eigenvalue weighted by molar-refractivity contribution is 0.170. The Morgan fingerprint density at radius 1 is 1.53 bits per heavy atom. The number of allylic oxidation sites excluding steroid dienone is 2. The highest BCUT2D eigenvalue weighted by molar-refractivity contribution is 5.45. The van der Waals surface area contributed by atoms with E-state index in [4.69, 9.17) is 4.74 Å². The molecule has 0 amide bonds. The normalized spacial score (nSPS) is 16.8. The van der Waals surface area contributed by atoms with E-state index in [0.717, 1.165) is 41.3 Å². The van der Waals surface area contributed by atoms with Crippen LogP contribution in [0, 0.1) is 6.92 Å². The molecule has 17 heavy (non-hydrogen) atoms. The largest absolute Gasteiger partial charge is 0.494 e. The summed E-state index contributed by atoms with van der Waals surface area (Å²) in [5, 5.41) is 9.53. The SMILES string of the molecule is CCC(C)OC1=c2c(C)n[nH]c2=CC=CCC1. The average molecular weight is 232 g/mol. The Morgan fingerprint density at radius 2 is 2.35 bits per heavy atom. The minimum Gasteiger partial charge on any atom is -0.494 e. The predicted octanol–water partition coefficient (Wildman–Crippen LogP) is 1.77. The van der Waals surface area contributed by atoms with Gasteiger partial charge >= 0.3 is 0 Å². The standard InChI is InChI=1S/C14H20N2O/c1-4-10(2)17-13-9-7-5-6-8-12-14(13)11(3)15-16-12/h5-6,8,10,16H,4,7,9H2,1-3H3. The summed E-state index contributed by atoms with van der Waals surface area (Å²) >= 11 is 0. The van der Waals surface area contributed by atoms with Gasteiger partial charge in [-0.25, -0.2) is 0 Å². The summed E-state index contributed by atoms with van der Waals surface area (Å²) in [6, 6.07) is 0. The molecule has 1 aliphatic rings. The van der Waals surface area contributed by atoms with Gasteiger partial charge < -0.3 is 4.74 Å². The number of H-pyrrole nitrogens is 1. The third-order valence-corrected chi connectivity index (χ3v) is 3.11. The summed E-state index contributed by atoms with van der Waals surface area (Å²) in [6.45, 7) is 6.28. The Bertz CT molecular complexity index is 525. The number of ether oxygens (including phenoxy) is 1. The molecule has 0 saturated heterocycles. The van der Waals surface area contributed by atoms with Crippen LogP contribution in [0.5, 0.6) is 0 Å². The number of rotatable bonds is 3. The number of aryl methyl sites for hydroxylation is 1. The number of nitrogens with one attached hydrogen (secondary N) is 1. The first-order valence-corrected chi connectivity index (χ1v) is 6.30. The van der Waals surface area contributed by atoms with Gasteiger partial charge in [-0.1, -0.05) is 19.1 Å². The van der Waals surface area contributed by atoms with Crippen LogP contribution in [-0.4, -0.2) is 16.3 Å². The van der Waals surface area contributed by atoms with Crippen LogP contribution < -0.4 is 10.6 Å². The fraction of sp³-hybridized carbons (Fsp3) is 0.500. The second-order valence-corrected chi connectivity index (χ2v) is 4.49. The highest BCUT2D eigenvalue weighted by Crippen LogP contribution is 2.12. The molecular formula is C14H20N2O. The van der Waals surface area contributed by atoms with Gasteiger partial charge in [-0.2, -0.15) is 5.10 Å². The van der Waals surface area contributed by atoms with Gasteiger partial charge in [0.25, 0.3) is 0 Å². The Balaban J connectivity index is 2.54. The zero-order chi connectivity index (χ0) is 12.3. The molecule has 92 valence electrons. The number of aromatic amines is 1. The smallest absolute Gasteiger partial charge is 0.108 e. The van der Waals surface area contributed by atoms with E-state index in [-0.39, 0.29) is 6.10 Å². The zero-order valence-electron chi connectivity index (χ0n) is 10.8. The molecule has 0 aliphatic heterocycles. The van der Waals surface area contributed by atoms with Crippen LogP contribution in [0.4, 0.5) is 0 Å². The van der Waals surface area contributed by atoms with Crippen molar-refractivity contribution >= 4 is 11.8 Å². The fourth-order valence-corrected chi connectivity index (χ4v) is 1.97. The lowest BCUT2D eigenvalue weighted by Crippen LogP contribution is -2.29. The van der Waals surface area contributed by atoms with E-state index < -0.39 is 0 Å². The van der Waals surface area contributed by atoms with Gasteiger partial charge in [-0.05, 0) is 32.8 Å². The van der Waals surface area contributed by atoms with E-state index >= 15 is 0 Å². The first kappa shape index (κ1) is 12.0. The molecule has 0 spiro atoms. The molecular weight excluding hydrogens is 212 g/mol. The second kappa shape index (κ2) is 5.21. The molecule has 1 unspecified atom stereocenters. The summed E-state index contributed by atoms with van der Waals surface area (Å²) in [4.78, 5) is 0. The van der Waals surface area contributed by atoms with Crippen LogP contribution >= 0.6 is 0 Å². The quantitative estimate of drug-likeness (QED) is 0.862.